The summed E-state index contributed by atoms with van der Waals surface area (Å²) in [5.74, 6) is -0.203. The van der Waals surface area contributed by atoms with Crippen LogP contribution in [0.1, 0.15) is 5.56 Å². The van der Waals surface area contributed by atoms with E-state index in [2.05, 4.69) is 10.8 Å². The van der Waals surface area contributed by atoms with Crippen molar-refractivity contribution in [3.05, 3.63) is 84.4 Å². The molecule has 1 unspecified atom stereocenters. The van der Waals surface area contributed by atoms with E-state index in [-0.39, 0.29) is 5.75 Å². The molecule has 0 N–H and O–H groups in total. The van der Waals surface area contributed by atoms with Crippen LogP contribution in [0.2, 0.25) is 0 Å². The predicted octanol–water partition coefficient (Wildman–Crippen LogP) is 5.99. The van der Waals surface area contributed by atoms with Gasteiger partial charge < -0.3 is 4.74 Å². The molecule has 128 valence electrons. The fraction of sp³-hybridized carbons (Fsp3) is 0.100. The molecule has 0 aliphatic rings. The Hall–Kier alpha value is -2.40. The minimum Gasteiger partial charge on any atom is -0.406 e. The molecule has 0 aromatic heterocycles. The van der Waals surface area contributed by atoms with Crippen molar-refractivity contribution >= 4 is 10.9 Å². The summed E-state index contributed by atoms with van der Waals surface area (Å²) in [4.78, 5) is 2.87. The first-order chi connectivity index (χ1) is 11.9. The lowest BCUT2D eigenvalue weighted by atomic mass is 10.2. The Kier molecular flexibility index (Phi) is 5.04. The van der Waals surface area contributed by atoms with Crippen LogP contribution in [0.4, 0.5) is 13.2 Å². The molecule has 25 heavy (non-hydrogen) atoms. The maximum absolute atomic E-state index is 12.6. The molecule has 0 heterocycles. The van der Waals surface area contributed by atoms with Crippen LogP contribution in [-0.4, -0.2) is 6.36 Å². The van der Waals surface area contributed by atoms with Gasteiger partial charge in [-0.15, -0.1) is 13.2 Å². The van der Waals surface area contributed by atoms with Gasteiger partial charge in [0.25, 0.3) is 0 Å². The number of hydrogen-bond donors (Lipinski definition) is 0. The molecular formula is C20H16F3OS+. The number of halogens is 3. The lowest BCUT2D eigenvalue weighted by molar-refractivity contribution is -0.274. The fourth-order valence-electron chi connectivity index (χ4n) is 2.51. The molecule has 0 fully saturated rings. The van der Waals surface area contributed by atoms with E-state index in [0.29, 0.717) is 0 Å². The predicted molar refractivity (Wildman–Crippen MR) is 92.9 cm³/mol. The van der Waals surface area contributed by atoms with Crippen LogP contribution < -0.4 is 4.74 Å². The zero-order valence-corrected chi connectivity index (χ0v) is 14.3. The second-order valence-electron chi connectivity index (χ2n) is 5.46. The first-order valence-corrected chi connectivity index (χ1v) is 8.87. The first kappa shape index (κ1) is 17.4. The molecule has 0 aliphatic carbocycles. The zero-order chi connectivity index (χ0) is 17.9. The van der Waals surface area contributed by atoms with Gasteiger partial charge in [0, 0.05) is 6.07 Å². The molecule has 1 atom stereocenters. The van der Waals surface area contributed by atoms with E-state index >= 15 is 0 Å². The molecule has 0 radical (unpaired) electrons. The third-order valence-electron chi connectivity index (χ3n) is 3.48. The van der Waals surface area contributed by atoms with E-state index in [4.69, 9.17) is 0 Å². The highest BCUT2D eigenvalue weighted by molar-refractivity contribution is 7.97. The van der Waals surface area contributed by atoms with E-state index in [1.54, 1.807) is 6.07 Å². The average Bonchev–Trinajstić information content (AvgIpc) is 2.55. The van der Waals surface area contributed by atoms with Crippen molar-refractivity contribution in [2.75, 3.05) is 0 Å². The van der Waals surface area contributed by atoms with Crippen LogP contribution in [-0.2, 0) is 10.9 Å². The van der Waals surface area contributed by atoms with Crippen LogP contribution in [0.15, 0.2) is 93.5 Å². The van der Waals surface area contributed by atoms with Gasteiger partial charge in [-0.3, -0.25) is 0 Å². The Morgan fingerprint density at radius 2 is 1.32 bits per heavy atom. The third kappa shape index (κ3) is 4.57. The number of ether oxygens (including phenoxy) is 1. The minimum atomic E-state index is -4.70. The van der Waals surface area contributed by atoms with Crippen molar-refractivity contribution in [1.29, 1.82) is 0 Å². The summed E-state index contributed by atoms with van der Waals surface area (Å²) < 4.78 is 41.8. The van der Waals surface area contributed by atoms with Gasteiger partial charge in [0.2, 0.25) is 0 Å². The maximum atomic E-state index is 12.6. The molecule has 0 amide bonds. The van der Waals surface area contributed by atoms with Crippen LogP contribution >= 0.6 is 0 Å². The van der Waals surface area contributed by atoms with Gasteiger partial charge in [-0.2, -0.15) is 0 Å². The molecule has 5 heteroatoms. The van der Waals surface area contributed by atoms with E-state index < -0.39 is 17.3 Å². The minimum absolute atomic E-state index is 0.203. The molecule has 0 saturated carbocycles. The largest absolute Gasteiger partial charge is 0.573 e. The zero-order valence-electron chi connectivity index (χ0n) is 13.5. The second kappa shape index (κ2) is 7.23. The topological polar surface area (TPSA) is 9.23 Å². The summed E-state index contributed by atoms with van der Waals surface area (Å²) in [5.41, 5.74) is 1.11. The quantitative estimate of drug-likeness (QED) is 0.519. The van der Waals surface area contributed by atoms with Gasteiger partial charge in [-0.1, -0.05) is 36.4 Å². The average molecular weight is 361 g/mol. The molecule has 0 bridgehead atoms. The summed E-state index contributed by atoms with van der Waals surface area (Å²) in [7, 11) is -0.511. The van der Waals surface area contributed by atoms with Gasteiger partial charge in [0.1, 0.15) is 5.75 Å². The summed E-state index contributed by atoms with van der Waals surface area (Å²) >= 11 is 0. The second-order valence-corrected chi connectivity index (χ2v) is 7.48. The fourth-order valence-corrected chi connectivity index (χ4v) is 4.72. The van der Waals surface area contributed by atoms with Crippen molar-refractivity contribution in [1.82, 2.24) is 0 Å². The van der Waals surface area contributed by atoms with Gasteiger partial charge in [-0.25, -0.2) is 0 Å². The number of aryl methyl sites for hydroxylation is 1. The number of alkyl halides is 3. The molecule has 0 spiro atoms. The van der Waals surface area contributed by atoms with Crippen LogP contribution in [0, 0.1) is 6.92 Å². The van der Waals surface area contributed by atoms with Gasteiger partial charge in [0.05, 0.1) is 10.9 Å². The third-order valence-corrected chi connectivity index (χ3v) is 5.67. The molecular weight excluding hydrogens is 345 g/mol. The first-order valence-electron chi connectivity index (χ1n) is 7.64. The Morgan fingerprint density at radius 3 is 1.96 bits per heavy atom. The highest BCUT2D eigenvalue weighted by Gasteiger charge is 2.33. The van der Waals surface area contributed by atoms with Crippen LogP contribution in [0.5, 0.6) is 5.75 Å². The Morgan fingerprint density at radius 1 is 0.720 bits per heavy atom. The molecule has 0 aliphatic heterocycles. The summed E-state index contributed by atoms with van der Waals surface area (Å²) in [6.45, 7) is 2.00. The van der Waals surface area contributed by atoms with Crippen molar-refractivity contribution in [2.45, 2.75) is 28.0 Å². The van der Waals surface area contributed by atoms with Crippen molar-refractivity contribution in [2.24, 2.45) is 0 Å². The summed E-state index contributed by atoms with van der Waals surface area (Å²) in [6, 6.07) is 24.0. The lowest BCUT2D eigenvalue weighted by Gasteiger charge is -2.11. The normalized spacial score (nSPS) is 12.6. The monoisotopic (exact) mass is 361 g/mol. The molecule has 3 aromatic rings. The Bertz CT molecular complexity index is 847. The molecule has 1 nitrogen and oxygen atoms in total. The van der Waals surface area contributed by atoms with E-state index in [1.165, 1.54) is 12.1 Å². The SMILES string of the molecule is Cc1cccc([S+](c2ccccc2)c2cccc(OC(F)(F)F)c2)c1. The highest BCUT2D eigenvalue weighted by atomic mass is 32.2. The molecule has 0 saturated heterocycles. The summed E-state index contributed by atoms with van der Waals surface area (Å²) in [5, 5.41) is 0. The van der Waals surface area contributed by atoms with Crippen molar-refractivity contribution < 1.29 is 17.9 Å². The molecule has 3 aromatic carbocycles. The van der Waals surface area contributed by atoms with E-state index in [9.17, 15) is 13.2 Å². The molecule has 3 rings (SSSR count). The summed E-state index contributed by atoms with van der Waals surface area (Å²) in [6.07, 6.45) is -4.70. The number of benzene rings is 3. The number of hydrogen-bond acceptors (Lipinski definition) is 1. The lowest BCUT2D eigenvalue weighted by Crippen LogP contribution is -2.17. The highest BCUT2D eigenvalue weighted by Crippen LogP contribution is 2.34. The van der Waals surface area contributed by atoms with Crippen molar-refractivity contribution in [3.63, 3.8) is 0 Å². The van der Waals surface area contributed by atoms with E-state index in [1.807, 2.05) is 61.5 Å². The van der Waals surface area contributed by atoms with E-state index in [0.717, 1.165) is 20.2 Å². The smallest absolute Gasteiger partial charge is 0.406 e. The number of rotatable bonds is 4. The van der Waals surface area contributed by atoms with Gasteiger partial charge in [-0.05, 0) is 48.9 Å². The van der Waals surface area contributed by atoms with Gasteiger partial charge in [0.15, 0.2) is 14.7 Å². The van der Waals surface area contributed by atoms with Crippen LogP contribution in [0.3, 0.4) is 0 Å². The Balaban J connectivity index is 2.08. The maximum Gasteiger partial charge on any atom is 0.573 e. The Labute approximate surface area is 147 Å². The van der Waals surface area contributed by atoms with Gasteiger partial charge >= 0.3 is 6.36 Å². The van der Waals surface area contributed by atoms with Crippen LogP contribution in [0.25, 0.3) is 0 Å². The standard InChI is InChI=1S/C20H16F3OS/c1-15-7-5-11-18(13-15)25(17-9-3-2-4-10-17)19-12-6-8-16(14-19)24-20(21,22)23/h2-14H,1H3/q+1. The van der Waals surface area contributed by atoms with Crippen molar-refractivity contribution in [3.8, 4) is 5.75 Å².